The summed E-state index contributed by atoms with van der Waals surface area (Å²) in [4.78, 5) is 27.7. The monoisotopic (exact) mass is 462 g/mol. The number of anilines is 1. The molecule has 0 unspecified atom stereocenters. The number of hydrogen-bond donors (Lipinski definition) is 1. The van der Waals surface area contributed by atoms with Crippen LogP contribution in [0.25, 0.3) is 0 Å². The number of aryl methyl sites for hydroxylation is 1. The number of halogens is 2. The number of amides is 2. The van der Waals surface area contributed by atoms with Crippen LogP contribution in [0.5, 0.6) is 5.75 Å². The highest BCUT2D eigenvalue weighted by Crippen LogP contribution is 2.38. The van der Waals surface area contributed by atoms with Crippen molar-refractivity contribution in [1.29, 1.82) is 0 Å². The molecule has 1 heterocycles. The third-order valence-corrected chi connectivity index (χ3v) is 6.48. The Morgan fingerprint density at radius 2 is 1.88 bits per heavy atom. The average molecular weight is 462 g/mol. The molecule has 0 radical (unpaired) electrons. The normalized spacial score (nSPS) is 19.5. The maximum absolute atomic E-state index is 14.0. The van der Waals surface area contributed by atoms with E-state index in [0.717, 1.165) is 42.5 Å². The lowest BCUT2D eigenvalue weighted by Crippen LogP contribution is -2.41. The average Bonchev–Trinajstić information content (AvgIpc) is 2.94. The van der Waals surface area contributed by atoms with Gasteiger partial charge in [0.1, 0.15) is 17.4 Å². The van der Waals surface area contributed by atoms with Crippen LogP contribution in [-0.2, 0) is 17.8 Å². The van der Waals surface area contributed by atoms with E-state index in [9.17, 15) is 18.4 Å². The first kappa shape index (κ1) is 22.1. The van der Waals surface area contributed by atoms with Gasteiger partial charge in [-0.1, -0.05) is 24.3 Å². The predicted octanol–water partition coefficient (Wildman–Crippen LogP) is 5.40. The van der Waals surface area contributed by atoms with E-state index in [-0.39, 0.29) is 17.5 Å². The van der Waals surface area contributed by atoms with Crippen LogP contribution in [0.3, 0.4) is 0 Å². The molecule has 3 aromatic carbocycles. The second-order valence-corrected chi connectivity index (χ2v) is 8.73. The summed E-state index contributed by atoms with van der Waals surface area (Å²) in [5.74, 6) is -1.89. The minimum Gasteiger partial charge on any atom is -0.481 e. The van der Waals surface area contributed by atoms with Crippen molar-refractivity contribution >= 4 is 17.5 Å². The van der Waals surface area contributed by atoms with Crippen molar-refractivity contribution in [2.75, 3.05) is 5.32 Å². The van der Waals surface area contributed by atoms with Crippen molar-refractivity contribution in [2.24, 2.45) is 0 Å². The smallest absolute Gasteiger partial charge is 0.264 e. The fourth-order valence-corrected chi connectivity index (χ4v) is 4.82. The number of ether oxygens (including phenoxy) is 1. The van der Waals surface area contributed by atoms with E-state index in [1.54, 1.807) is 25.1 Å². The topological polar surface area (TPSA) is 58.6 Å². The molecule has 174 valence electrons. The minimum absolute atomic E-state index is 0.0546. The Morgan fingerprint density at radius 3 is 2.71 bits per heavy atom. The van der Waals surface area contributed by atoms with E-state index in [1.165, 1.54) is 5.56 Å². The summed E-state index contributed by atoms with van der Waals surface area (Å²) in [6, 6.07) is 16.0. The van der Waals surface area contributed by atoms with Crippen molar-refractivity contribution in [3.05, 3.63) is 94.6 Å². The van der Waals surface area contributed by atoms with Crippen molar-refractivity contribution in [1.82, 2.24) is 4.90 Å². The van der Waals surface area contributed by atoms with Gasteiger partial charge in [0.05, 0.1) is 18.2 Å². The fraction of sp³-hybridized carbons (Fsp3) is 0.259. The summed E-state index contributed by atoms with van der Waals surface area (Å²) in [6.45, 7) is 2.07. The van der Waals surface area contributed by atoms with Gasteiger partial charge in [-0.3, -0.25) is 9.59 Å². The van der Waals surface area contributed by atoms with E-state index < -0.39 is 23.6 Å². The molecule has 0 spiro atoms. The lowest BCUT2D eigenvalue weighted by molar-refractivity contribution is -0.140. The Balaban J connectivity index is 1.44. The van der Waals surface area contributed by atoms with E-state index in [4.69, 9.17) is 4.74 Å². The van der Waals surface area contributed by atoms with E-state index in [2.05, 4.69) is 17.4 Å². The maximum Gasteiger partial charge on any atom is 0.264 e. The van der Waals surface area contributed by atoms with E-state index >= 15 is 0 Å². The highest BCUT2D eigenvalue weighted by molar-refractivity contribution is 6.04. The summed E-state index contributed by atoms with van der Waals surface area (Å²) in [5.41, 5.74) is 3.35. The molecule has 5 nitrogen and oxygen atoms in total. The molecule has 0 bridgehead atoms. The molecule has 34 heavy (non-hydrogen) atoms. The molecule has 1 aliphatic carbocycles. The lowest BCUT2D eigenvalue weighted by Gasteiger charge is -2.35. The second kappa shape index (κ2) is 8.89. The Morgan fingerprint density at radius 1 is 1.06 bits per heavy atom. The van der Waals surface area contributed by atoms with E-state index in [0.29, 0.717) is 24.0 Å². The lowest BCUT2D eigenvalue weighted by atomic mass is 9.86. The first-order chi connectivity index (χ1) is 16.4. The van der Waals surface area contributed by atoms with Gasteiger partial charge in [0, 0.05) is 17.3 Å². The molecule has 7 heteroatoms. The van der Waals surface area contributed by atoms with Gasteiger partial charge < -0.3 is 15.0 Å². The largest absolute Gasteiger partial charge is 0.481 e. The van der Waals surface area contributed by atoms with Gasteiger partial charge in [0.25, 0.3) is 11.8 Å². The molecule has 1 N–H and O–H groups in total. The molecule has 5 rings (SSSR count). The molecule has 1 aliphatic heterocycles. The van der Waals surface area contributed by atoms with Crippen molar-refractivity contribution in [2.45, 2.75) is 44.9 Å². The van der Waals surface area contributed by atoms with Gasteiger partial charge in [-0.15, -0.1) is 0 Å². The van der Waals surface area contributed by atoms with Crippen LogP contribution in [0.2, 0.25) is 0 Å². The van der Waals surface area contributed by atoms with Gasteiger partial charge in [-0.25, -0.2) is 8.78 Å². The molecule has 0 fully saturated rings. The number of hydrogen-bond acceptors (Lipinski definition) is 3. The van der Waals surface area contributed by atoms with Crippen LogP contribution in [0.4, 0.5) is 14.5 Å². The van der Waals surface area contributed by atoms with Crippen LogP contribution < -0.4 is 10.1 Å². The van der Waals surface area contributed by atoms with Gasteiger partial charge in [-0.05, 0) is 67.6 Å². The number of nitrogens with zero attached hydrogens (tertiary/aromatic N) is 1. The van der Waals surface area contributed by atoms with Gasteiger partial charge in [-0.2, -0.15) is 0 Å². The highest BCUT2D eigenvalue weighted by Gasteiger charge is 2.35. The van der Waals surface area contributed by atoms with Gasteiger partial charge in [0.15, 0.2) is 6.10 Å². The Labute approximate surface area is 196 Å². The zero-order valence-corrected chi connectivity index (χ0v) is 18.7. The zero-order chi connectivity index (χ0) is 23.8. The maximum atomic E-state index is 14.0. The fourth-order valence-electron chi connectivity index (χ4n) is 4.82. The van der Waals surface area contributed by atoms with E-state index in [1.807, 2.05) is 17.0 Å². The quantitative estimate of drug-likeness (QED) is 0.567. The summed E-state index contributed by atoms with van der Waals surface area (Å²) >= 11 is 0. The molecule has 3 aromatic rings. The highest BCUT2D eigenvalue weighted by atomic mass is 19.1. The van der Waals surface area contributed by atoms with Crippen LogP contribution in [-0.4, -0.2) is 22.8 Å². The first-order valence-electron chi connectivity index (χ1n) is 11.3. The molecular formula is C27H24F2N2O3. The summed E-state index contributed by atoms with van der Waals surface area (Å²) in [6.07, 6.45) is 2.20. The number of carbonyl (C=O) groups excluding carboxylic acids is 2. The van der Waals surface area contributed by atoms with Gasteiger partial charge >= 0.3 is 0 Å². The van der Waals surface area contributed by atoms with Crippen LogP contribution in [0, 0.1) is 11.6 Å². The van der Waals surface area contributed by atoms with Crippen LogP contribution in [0.1, 0.15) is 52.9 Å². The SMILES string of the molecule is C[C@@H]1Oc2ccc(NC(=O)c3ccc(F)cc3F)cc2CN([C@@H]2CCCc3ccccc32)C1=O. The third kappa shape index (κ3) is 4.14. The van der Waals surface area contributed by atoms with Crippen molar-refractivity contribution < 1.29 is 23.1 Å². The zero-order valence-electron chi connectivity index (χ0n) is 18.7. The molecule has 2 atom stereocenters. The van der Waals surface area contributed by atoms with Crippen molar-refractivity contribution in [3.63, 3.8) is 0 Å². The number of nitrogens with one attached hydrogen (secondary N) is 1. The van der Waals surface area contributed by atoms with Crippen molar-refractivity contribution in [3.8, 4) is 5.75 Å². The molecule has 0 saturated heterocycles. The molecule has 2 aliphatic rings. The molecule has 0 aromatic heterocycles. The number of carbonyl (C=O) groups is 2. The number of benzene rings is 3. The third-order valence-electron chi connectivity index (χ3n) is 6.48. The Bertz CT molecular complexity index is 1280. The van der Waals surface area contributed by atoms with Gasteiger partial charge in [0.2, 0.25) is 0 Å². The summed E-state index contributed by atoms with van der Waals surface area (Å²) < 4.78 is 33.2. The van der Waals surface area contributed by atoms with Crippen LogP contribution in [0.15, 0.2) is 60.7 Å². The molecule has 2 amide bonds. The van der Waals surface area contributed by atoms with Crippen LogP contribution >= 0.6 is 0 Å². The number of rotatable bonds is 3. The molecular weight excluding hydrogens is 438 g/mol. The number of fused-ring (bicyclic) bond motifs is 2. The second-order valence-electron chi connectivity index (χ2n) is 8.73. The first-order valence-corrected chi connectivity index (χ1v) is 11.3. The Hall–Kier alpha value is -3.74. The summed E-state index contributed by atoms with van der Waals surface area (Å²) in [5, 5.41) is 2.66. The minimum atomic E-state index is -0.933. The predicted molar refractivity (Wildman–Crippen MR) is 124 cm³/mol. The summed E-state index contributed by atoms with van der Waals surface area (Å²) in [7, 11) is 0. The Kier molecular flexibility index (Phi) is 5.77. The molecule has 0 saturated carbocycles. The standard InChI is InChI=1S/C27H24F2N2O3/c1-16-27(33)31(24-8-4-6-17-5-2-3-7-21(17)24)15-18-13-20(10-12-25(18)34-16)30-26(32)22-11-9-19(28)14-23(22)29/h2-3,5,7,9-14,16,24H,4,6,8,15H2,1H3,(H,30,32)/t16-,24+/m0/s1.